The van der Waals surface area contributed by atoms with Crippen LogP contribution in [0.5, 0.6) is 0 Å². The number of phosphoric acid groups is 1. The Balaban J connectivity index is 0. The molecule has 0 aliphatic heterocycles. The summed E-state index contributed by atoms with van der Waals surface area (Å²) >= 11 is 0. The molecule has 0 saturated carbocycles. The van der Waals surface area contributed by atoms with Crippen molar-refractivity contribution in [2.75, 3.05) is 6.61 Å². The van der Waals surface area contributed by atoms with Crippen molar-refractivity contribution in [2.24, 2.45) is 0 Å². The quantitative estimate of drug-likeness (QED) is 0.295. The van der Waals surface area contributed by atoms with E-state index < -0.39 is 7.82 Å². The molecule has 4 nitrogen and oxygen atoms in total. The first-order valence-electron chi connectivity index (χ1n) is 6.73. The van der Waals surface area contributed by atoms with E-state index in [-0.39, 0.29) is 30.5 Å². The third-order valence-corrected chi connectivity index (χ3v) is 3.25. The second kappa shape index (κ2) is 14.3. The van der Waals surface area contributed by atoms with Gasteiger partial charge in [0, 0.05) is 0 Å². The predicted octanol–water partition coefficient (Wildman–Crippen LogP) is 2.37. The van der Waals surface area contributed by atoms with Gasteiger partial charge in [0.25, 0.3) is 0 Å². The fourth-order valence-electron chi connectivity index (χ4n) is 1.77. The average Bonchev–Trinajstić information content (AvgIpc) is 2.24. The Hall–Kier alpha value is 0.909. The molecule has 0 amide bonds. The van der Waals surface area contributed by atoms with Gasteiger partial charge in [0.1, 0.15) is 0 Å². The van der Waals surface area contributed by atoms with Crippen molar-refractivity contribution in [1.82, 2.24) is 0 Å². The Morgan fingerprint density at radius 1 is 0.833 bits per heavy atom. The molecule has 0 rings (SSSR count). The summed E-state index contributed by atoms with van der Waals surface area (Å²) in [4.78, 5) is 20.3. The van der Waals surface area contributed by atoms with Gasteiger partial charge in [-0.15, -0.1) is 0 Å². The van der Waals surface area contributed by atoms with E-state index in [1.54, 1.807) is 0 Å². The molecule has 0 atom stereocenters. The zero-order valence-electron chi connectivity index (χ0n) is 11.4. The molecule has 0 heterocycles. The van der Waals surface area contributed by atoms with E-state index in [1.165, 1.54) is 44.9 Å². The van der Waals surface area contributed by atoms with Gasteiger partial charge in [0.05, 0.1) is 14.4 Å². The van der Waals surface area contributed by atoms with Crippen molar-refractivity contribution in [3.05, 3.63) is 0 Å². The molecule has 0 fully saturated rings. The Morgan fingerprint density at radius 3 is 1.61 bits per heavy atom. The van der Waals surface area contributed by atoms with Crippen molar-refractivity contribution in [1.29, 1.82) is 0 Å². The molecule has 0 N–H and O–H groups in total. The van der Waals surface area contributed by atoms with Gasteiger partial charge in [-0.2, -0.15) is 0 Å². The molecule has 0 aliphatic rings. The third-order valence-electron chi connectivity index (χ3n) is 2.75. The largest absolute Gasteiger partial charge is 2.00 e. The van der Waals surface area contributed by atoms with Gasteiger partial charge in [-0.1, -0.05) is 64.7 Å². The van der Waals surface area contributed by atoms with E-state index in [2.05, 4.69) is 11.4 Å². The average molecular weight is 383 g/mol. The Bertz CT molecular complexity index is 208. The molecule has 0 aromatic heterocycles. The van der Waals surface area contributed by atoms with Gasteiger partial charge in [-0.25, -0.2) is 0 Å². The summed E-state index contributed by atoms with van der Waals surface area (Å²) in [5.41, 5.74) is 0. The minimum atomic E-state index is -4.74. The summed E-state index contributed by atoms with van der Waals surface area (Å²) in [5.74, 6) is 0. The van der Waals surface area contributed by atoms with Gasteiger partial charge >= 0.3 is 23.9 Å². The first kappa shape index (κ1) is 21.2. The van der Waals surface area contributed by atoms with Crippen LogP contribution in [0.25, 0.3) is 0 Å². The zero-order chi connectivity index (χ0) is 13.0. The molecule has 106 valence electrons. The van der Waals surface area contributed by atoms with Crippen LogP contribution in [0.2, 0.25) is 0 Å². The van der Waals surface area contributed by atoms with Crippen LogP contribution in [-0.4, -0.2) is 30.5 Å². The smallest absolute Gasteiger partial charge is 0.790 e. The number of hydrogen-bond donors (Lipinski definition) is 0. The topological polar surface area (TPSA) is 72.4 Å². The summed E-state index contributed by atoms with van der Waals surface area (Å²) < 4.78 is 14.3. The zero-order valence-corrected chi connectivity index (χ0v) is 15.1. The molecule has 6 heteroatoms. The van der Waals surface area contributed by atoms with Crippen molar-refractivity contribution >= 4 is 31.7 Å². The first-order chi connectivity index (χ1) is 8.06. The summed E-state index contributed by atoms with van der Waals surface area (Å²) in [6.45, 7) is 2.26. The third kappa shape index (κ3) is 19.3. The van der Waals surface area contributed by atoms with E-state index in [0.717, 1.165) is 12.8 Å². The van der Waals surface area contributed by atoms with Crippen LogP contribution in [0.15, 0.2) is 0 Å². The summed E-state index contributed by atoms with van der Waals surface area (Å²) in [5, 5.41) is 0. The van der Waals surface area contributed by atoms with E-state index in [0.29, 0.717) is 6.42 Å². The molecule has 0 aromatic rings. The van der Waals surface area contributed by atoms with Crippen LogP contribution in [0, 0.1) is 0 Å². The molecular weight excluding hydrogens is 358 g/mol. The number of unbranched alkanes of at least 4 members (excludes halogenated alkanes) is 9. The van der Waals surface area contributed by atoms with Crippen LogP contribution in [0.1, 0.15) is 71.1 Å². The molecule has 0 aliphatic carbocycles. The Kier molecular flexibility index (Phi) is 16.9. The Morgan fingerprint density at radius 2 is 1.22 bits per heavy atom. The van der Waals surface area contributed by atoms with Gasteiger partial charge in [-0.3, -0.25) is 0 Å². The standard InChI is InChI=1S/C12H27O4P.Sn/c1-2-3-4-5-6-7-8-9-10-11-12-16-17(13,14)15;/h2-12H2,1H3,(H2,13,14,15);/q;+2/p-2. The molecule has 0 unspecified atom stereocenters. The van der Waals surface area contributed by atoms with Crippen LogP contribution in [0.4, 0.5) is 0 Å². The molecule has 0 bridgehead atoms. The fraction of sp³-hybridized carbons (Fsp3) is 1.00. The van der Waals surface area contributed by atoms with E-state index >= 15 is 0 Å². The Labute approximate surface area is 128 Å². The minimum Gasteiger partial charge on any atom is -0.790 e. The molecule has 0 saturated heterocycles. The summed E-state index contributed by atoms with van der Waals surface area (Å²) in [6, 6.07) is 0. The van der Waals surface area contributed by atoms with Gasteiger partial charge in [0.2, 0.25) is 0 Å². The summed E-state index contributed by atoms with van der Waals surface area (Å²) in [6.07, 6.45) is 11.7. The van der Waals surface area contributed by atoms with Crippen molar-refractivity contribution in [3.63, 3.8) is 0 Å². The van der Waals surface area contributed by atoms with Crippen LogP contribution in [0.3, 0.4) is 0 Å². The molecule has 0 aromatic carbocycles. The second-order valence-corrected chi connectivity index (χ2v) is 5.62. The molecule has 2 radical (unpaired) electrons. The molecule has 0 spiro atoms. The SMILES string of the molecule is CCCCCCCCCCCCOP(=O)([O-])[O-].[Sn+2]. The fourth-order valence-corrected chi connectivity index (χ4v) is 2.12. The molecular formula is C12H25O4PSn. The maximum Gasteiger partial charge on any atom is 2.00 e. The van der Waals surface area contributed by atoms with Crippen LogP contribution in [-0.2, 0) is 9.09 Å². The molecule has 18 heavy (non-hydrogen) atoms. The first-order valence-corrected chi connectivity index (χ1v) is 8.19. The monoisotopic (exact) mass is 384 g/mol. The predicted molar refractivity (Wildman–Crippen MR) is 71.2 cm³/mol. The van der Waals surface area contributed by atoms with Gasteiger partial charge in [0.15, 0.2) is 0 Å². The van der Waals surface area contributed by atoms with Crippen LogP contribution < -0.4 is 9.79 Å². The van der Waals surface area contributed by atoms with E-state index in [1.807, 2.05) is 0 Å². The number of hydrogen-bond acceptors (Lipinski definition) is 4. The van der Waals surface area contributed by atoms with Gasteiger partial charge < -0.3 is 18.9 Å². The van der Waals surface area contributed by atoms with Crippen molar-refractivity contribution in [2.45, 2.75) is 71.1 Å². The summed E-state index contributed by atoms with van der Waals surface area (Å²) in [7, 11) is -4.74. The number of rotatable bonds is 12. The van der Waals surface area contributed by atoms with E-state index in [9.17, 15) is 14.4 Å². The normalized spacial score (nSPS) is 11.3. The second-order valence-electron chi connectivity index (χ2n) is 4.46. The minimum absolute atomic E-state index is 0. The van der Waals surface area contributed by atoms with Crippen molar-refractivity contribution < 1.29 is 18.9 Å². The van der Waals surface area contributed by atoms with Crippen LogP contribution >= 0.6 is 7.82 Å². The maximum atomic E-state index is 10.1. The van der Waals surface area contributed by atoms with Gasteiger partial charge in [-0.05, 0) is 6.42 Å². The van der Waals surface area contributed by atoms with Crippen molar-refractivity contribution in [3.8, 4) is 0 Å². The maximum absolute atomic E-state index is 10.1. The van der Waals surface area contributed by atoms with E-state index in [4.69, 9.17) is 0 Å². The number of phosphoric ester groups is 1.